The first-order valence-corrected chi connectivity index (χ1v) is 9.36. The summed E-state index contributed by atoms with van der Waals surface area (Å²) in [5.41, 5.74) is 0.128. The highest BCUT2D eigenvalue weighted by Gasteiger charge is 2.58. The van der Waals surface area contributed by atoms with E-state index in [1.54, 1.807) is 0 Å². The number of ether oxygens (including phenoxy) is 1. The number of hydrogen-bond donors (Lipinski definition) is 2. The van der Waals surface area contributed by atoms with Crippen LogP contribution in [0.1, 0.15) is 46.5 Å². The predicted molar refractivity (Wildman–Crippen MR) is 110 cm³/mol. The molecule has 3 rings (SSSR count). The average Bonchev–Trinajstić information content (AvgIpc) is 3.06. The van der Waals surface area contributed by atoms with Crippen LogP contribution in [0, 0.1) is 11.3 Å². The van der Waals surface area contributed by atoms with E-state index in [0.29, 0.717) is 24.5 Å². The Kier molecular flexibility index (Phi) is 6.98. The van der Waals surface area contributed by atoms with Gasteiger partial charge in [0.05, 0.1) is 6.10 Å². The molecule has 1 saturated carbocycles. The van der Waals surface area contributed by atoms with E-state index in [1.165, 1.54) is 6.42 Å². The molecule has 3 fully saturated rings. The van der Waals surface area contributed by atoms with Crippen molar-refractivity contribution < 1.29 is 9.53 Å². The second-order valence-corrected chi connectivity index (χ2v) is 7.94. The summed E-state index contributed by atoms with van der Waals surface area (Å²) in [6.07, 6.45) is 4.31. The third-order valence-electron chi connectivity index (χ3n) is 6.03. The molecule has 0 radical (unpaired) electrons. The minimum absolute atomic E-state index is 0. The van der Waals surface area contributed by atoms with Gasteiger partial charge in [0.25, 0.3) is 0 Å². The highest BCUT2D eigenvalue weighted by molar-refractivity contribution is 14.0. The van der Waals surface area contributed by atoms with Gasteiger partial charge in [-0.15, -0.1) is 24.0 Å². The summed E-state index contributed by atoms with van der Waals surface area (Å²) in [5.74, 6) is 1.67. The monoisotopic (exact) mass is 464 g/mol. The van der Waals surface area contributed by atoms with Gasteiger partial charge in [-0.1, -0.05) is 20.8 Å². The zero-order valence-corrected chi connectivity index (χ0v) is 18.2. The first-order chi connectivity index (χ1) is 11.5. The Morgan fingerprint density at radius 2 is 2.08 bits per heavy atom. The van der Waals surface area contributed by atoms with Crippen LogP contribution in [0.5, 0.6) is 0 Å². The molecule has 1 aliphatic carbocycles. The molecule has 0 aromatic carbocycles. The zero-order chi connectivity index (χ0) is 17.3. The van der Waals surface area contributed by atoms with Crippen LogP contribution >= 0.6 is 24.0 Å². The minimum Gasteiger partial charge on any atom is -0.377 e. The van der Waals surface area contributed by atoms with Gasteiger partial charge in [-0.25, -0.2) is 0 Å². The van der Waals surface area contributed by atoms with Crippen LogP contribution in [-0.2, 0) is 9.53 Å². The van der Waals surface area contributed by atoms with Gasteiger partial charge in [-0.3, -0.25) is 9.79 Å². The van der Waals surface area contributed by atoms with Gasteiger partial charge in [0.1, 0.15) is 0 Å². The number of aliphatic imine (C=N–C) groups is 1. The number of fused-ring (bicyclic) bond motifs is 1. The molecule has 2 saturated heterocycles. The van der Waals surface area contributed by atoms with Gasteiger partial charge >= 0.3 is 0 Å². The molecule has 4 unspecified atom stereocenters. The van der Waals surface area contributed by atoms with E-state index < -0.39 is 0 Å². The molecular weight excluding hydrogens is 431 g/mol. The molecule has 144 valence electrons. The fourth-order valence-corrected chi connectivity index (χ4v) is 4.66. The Hall–Kier alpha value is -0.570. The van der Waals surface area contributed by atoms with Gasteiger partial charge in [0, 0.05) is 56.6 Å². The van der Waals surface area contributed by atoms with Crippen molar-refractivity contribution in [3.8, 4) is 0 Å². The summed E-state index contributed by atoms with van der Waals surface area (Å²) < 4.78 is 5.98. The third-order valence-corrected chi connectivity index (χ3v) is 6.03. The number of guanidine groups is 1. The van der Waals surface area contributed by atoms with Crippen molar-refractivity contribution in [2.24, 2.45) is 16.3 Å². The number of rotatable bonds is 3. The van der Waals surface area contributed by atoms with Crippen LogP contribution in [0.2, 0.25) is 0 Å². The standard InChI is InChI=1S/C18H32N4O2.HI/c1-5-14(23)22-9-8-12(11-22)20-17(19-4)21-15-13-7-6-10-24-16(13)18(15,2)3;/h12-13,15-16H,5-11H2,1-4H3,(H2,19,20,21);1H. The van der Waals surface area contributed by atoms with Crippen LogP contribution in [-0.4, -0.2) is 61.7 Å². The summed E-state index contributed by atoms with van der Waals surface area (Å²) in [7, 11) is 1.82. The second-order valence-electron chi connectivity index (χ2n) is 7.94. The van der Waals surface area contributed by atoms with Gasteiger partial charge in [0.2, 0.25) is 5.91 Å². The van der Waals surface area contributed by atoms with Gasteiger partial charge in [0.15, 0.2) is 5.96 Å². The van der Waals surface area contributed by atoms with Crippen molar-refractivity contribution in [1.29, 1.82) is 0 Å². The van der Waals surface area contributed by atoms with Crippen LogP contribution in [0.15, 0.2) is 4.99 Å². The lowest BCUT2D eigenvalue weighted by Crippen LogP contribution is -2.71. The SMILES string of the molecule is CCC(=O)N1CCC(NC(=NC)NC2C3CCCOC3C2(C)C)C1.I. The summed E-state index contributed by atoms with van der Waals surface area (Å²) in [6.45, 7) is 8.99. The fraction of sp³-hybridized carbons (Fsp3) is 0.889. The molecule has 2 N–H and O–H groups in total. The maximum Gasteiger partial charge on any atom is 0.222 e. The largest absolute Gasteiger partial charge is 0.377 e. The maximum absolute atomic E-state index is 11.8. The van der Waals surface area contributed by atoms with Crippen molar-refractivity contribution in [3.05, 3.63) is 0 Å². The number of nitrogens with zero attached hydrogens (tertiary/aromatic N) is 2. The van der Waals surface area contributed by atoms with E-state index >= 15 is 0 Å². The van der Waals surface area contributed by atoms with Gasteiger partial charge < -0.3 is 20.3 Å². The molecule has 4 atom stereocenters. The summed E-state index contributed by atoms with van der Waals surface area (Å²) in [5, 5.41) is 7.14. The normalized spacial score (nSPS) is 33.8. The molecule has 0 bridgehead atoms. The molecule has 2 heterocycles. The molecular formula is C18H33IN4O2. The molecule has 1 amide bonds. The number of nitrogens with one attached hydrogen (secondary N) is 2. The predicted octanol–water partition coefficient (Wildman–Crippen LogP) is 1.98. The second kappa shape index (κ2) is 8.41. The number of likely N-dealkylation sites (tertiary alicyclic amines) is 1. The zero-order valence-electron chi connectivity index (χ0n) is 15.9. The highest BCUT2D eigenvalue weighted by Crippen LogP contribution is 2.51. The number of halogens is 1. The number of amides is 1. The topological polar surface area (TPSA) is 66.0 Å². The Balaban J connectivity index is 0.00000225. The third kappa shape index (κ3) is 4.07. The first-order valence-electron chi connectivity index (χ1n) is 9.36. The molecule has 6 nitrogen and oxygen atoms in total. The number of carbonyl (C=O) groups excluding carboxylic acids is 1. The van der Waals surface area contributed by atoms with Crippen molar-refractivity contribution in [2.75, 3.05) is 26.7 Å². The van der Waals surface area contributed by atoms with E-state index in [2.05, 4.69) is 29.5 Å². The molecule has 25 heavy (non-hydrogen) atoms. The Morgan fingerprint density at radius 1 is 1.32 bits per heavy atom. The van der Waals surface area contributed by atoms with E-state index in [1.807, 2.05) is 18.9 Å². The minimum atomic E-state index is 0. The van der Waals surface area contributed by atoms with Crippen LogP contribution < -0.4 is 10.6 Å². The van der Waals surface area contributed by atoms with Crippen molar-refractivity contribution in [3.63, 3.8) is 0 Å². The van der Waals surface area contributed by atoms with Gasteiger partial charge in [-0.05, 0) is 19.3 Å². The lowest BCUT2D eigenvalue weighted by atomic mass is 9.55. The summed E-state index contributed by atoms with van der Waals surface area (Å²) in [4.78, 5) is 18.2. The van der Waals surface area contributed by atoms with Crippen molar-refractivity contribution in [1.82, 2.24) is 15.5 Å². The van der Waals surface area contributed by atoms with E-state index in [-0.39, 0.29) is 41.3 Å². The Morgan fingerprint density at radius 3 is 2.76 bits per heavy atom. The van der Waals surface area contributed by atoms with E-state index in [0.717, 1.165) is 38.5 Å². The molecule has 7 heteroatoms. The molecule has 0 aromatic heterocycles. The average molecular weight is 464 g/mol. The molecule has 3 aliphatic rings. The summed E-state index contributed by atoms with van der Waals surface area (Å²) in [6, 6.07) is 0.678. The van der Waals surface area contributed by atoms with E-state index in [4.69, 9.17) is 4.74 Å². The molecule has 2 aliphatic heterocycles. The van der Waals surface area contributed by atoms with Crippen molar-refractivity contribution in [2.45, 2.75) is 64.6 Å². The first kappa shape index (κ1) is 20.7. The van der Waals surface area contributed by atoms with Crippen LogP contribution in [0.4, 0.5) is 0 Å². The summed E-state index contributed by atoms with van der Waals surface area (Å²) >= 11 is 0. The lowest BCUT2D eigenvalue weighted by Gasteiger charge is -2.60. The molecule has 0 spiro atoms. The number of carbonyl (C=O) groups is 1. The Bertz CT molecular complexity index is 511. The lowest BCUT2D eigenvalue weighted by molar-refractivity contribution is -0.188. The van der Waals surface area contributed by atoms with Crippen molar-refractivity contribution >= 4 is 35.8 Å². The maximum atomic E-state index is 11.8. The fourth-order valence-electron chi connectivity index (χ4n) is 4.66. The number of hydrogen-bond acceptors (Lipinski definition) is 3. The van der Waals surface area contributed by atoms with Gasteiger partial charge in [-0.2, -0.15) is 0 Å². The van der Waals surface area contributed by atoms with Crippen LogP contribution in [0.3, 0.4) is 0 Å². The highest BCUT2D eigenvalue weighted by atomic mass is 127. The van der Waals surface area contributed by atoms with Crippen LogP contribution in [0.25, 0.3) is 0 Å². The quantitative estimate of drug-likeness (QED) is 0.381. The molecule has 0 aromatic rings. The Labute approximate surface area is 168 Å². The van der Waals surface area contributed by atoms with E-state index in [9.17, 15) is 4.79 Å². The smallest absolute Gasteiger partial charge is 0.222 e.